The molecule has 0 unspecified atom stereocenters. The third-order valence-electron chi connectivity index (χ3n) is 3.92. The van der Waals surface area contributed by atoms with Crippen molar-refractivity contribution in [2.45, 2.75) is 39.8 Å². The number of nitriles is 1. The normalized spacial score (nSPS) is 16.5. The molecule has 0 spiro atoms. The van der Waals surface area contributed by atoms with Gasteiger partial charge in [-0.05, 0) is 32.9 Å². The lowest BCUT2D eigenvalue weighted by Crippen LogP contribution is -2.39. The average Bonchev–Trinajstić information content (AvgIpc) is 2.91. The van der Waals surface area contributed by atoms with E-state index in [4.69, 9.17) is 14.7 Å². The summed E-state index contributed by atoms with van der Waals surface area (Å²) in [6, 6.07) is 5.86. The number of rotatable bonds is 6. The molecule has 0 aliphatic carbocycles. The van der Waals surface area contributed by atoms with E-state index in [1.165, 1.54) is 4.90 Å². The van der Waals surface area contributed by atoms with E-state index >= 15 is 0 Å². The summed E-state index contributed by atoms with van der Waals surface area (Å²) in [5.74, 6) is 1.44. The highest BCUT2D eigenvalue weighted by molar-refractivity contribution is 5.74. The smallest absolute Gasteiger partial charge is 0.317 e. The lowest BCUT2D eigenvalue weighted by molar-refractivity contribution is 0.205. The second kappa shape index (κ2) is 7.91. The van der Waals surface area contributed by atoms with Crippen LogP contribution in [0.5, 0.6) is 11.5 Å². The largest absolute Gasteiger partial charge is 0.494 e. The number of fused-ring (bicyclic) bond motifs is 1. The SMILES string of the molecule is CCOc1cc2c(cc1CNC(=O)N(C)C[C@@H](C)C#N)O[C@@H](C)C2. The standard InChI is InChI=1S/C18H25N3O3/c1-5-23-16-7-14-6-13(3)24-17(14)8-15(16)10-20-18(22)21(4)11-12(2)9-19/h7-8,12-13H,5-6,10-11H2,1-4H3,(H,20,22)/t12-,13-/m0/s1. The molecule has 130 valence electrons. The number of ether oxygens (including phenoxy) is 2. The molecule has 1 heterocycles. The first-order valence-corrected chi connectivity index (χ1v) is 8.28. The number of nitrogens with zero attached hydrogens (tertiary/aromatic N) is 2. The van der Waals surface area contributed by atoms with Crippen molar-refractivity contribution in [1.29, 1.82) is 5.26 Å². The van der Waals surface area contributed by atoms with Crippen LogP contribution in [-0.2, 0) is 13.0 Å². The first kappa shape index (κ1) is 17.9. The minimum atomic E-state index is -0.214. The Balaban J connectivity index is 2.05. The Bertz CT molecular complexity index is 639. The van der Waals surface area contributed by atoms with Crippen molar-refractivity contribution in [3.8, 4) is 17.6 Å². The van der Waals surface area contributed by atoms with Crippen LogP contribution in [0, 0.1) is 17.2 Å². The number of nitrogens with one attached hydrogen (secondary N) is 1. The molecular formula is C18H25N3O3. The maximum atomic E-state index is 12.2. The Kier molecular flexibility index (Phi) is 5.91. The monoisotopic (exact) mass is 331 g/mol. The molecule has 0 saturated carbocycles. The minimum absolute atomic E-state index is 0.165. The second-order valence-electron chi connectivity index (χ2n) is 6.20. The van der Waals surface area contributed by atoms with Crippen molar-refractivity contribution in [1.82, 2.24) is 10.2 Å². The van der Waals surface area contributed by atoms with Crippen LogP contribution >= 0.6 is 0 Å². The van der Waals surface area contributed by atoms with E-state index in [0.29, 0.717) is 19.7 Å². The van der Waals surface area contributed by atoms with Gasteiger partial charge in [0.2, 0.25) is 0 Å². The number of hydrogen-bond acceptors (Lipinski definition) is 4. The van der Waals surface area contributed by atoms with Crippen LogP contribution in [0.4, 0.5) is 4.79 Å². The summed E-state index contributed by atoms with van der Waals surface area (Å²) >= 11 is 0. The van der Waals surface area contributed by atoms with Gasteiger partial charge in [0.05, 0.1) is 18.6 Å². The molecule has 1 aromatic carbocycles. The van der Waals surface area contributed by atoms with Crippen molar-refractivity contribution < 1.29 is 14.3 Å². The zero-order valence-electron chi connectivity index (χ0n) is 14.8. The third-order valence-corrected chi connectivity index (χ3v) is 3.92. The Morgan fingerprint density at radius 2 is 2.33 bits per heavy atom. The molecule has 6 nitrogen and oxygen atoms in total. The number of amides is 2. The highest BCUT2D eigenvalue weighted by atomic mass is 16.5. The van der Waals surface area contributed by atoms with Crippen molar-refractivity contribution in [3.05, 3.63) is 23.3 Å². The van der Waals surface area contributed by atoms with Gasteiger partial charge in [0.1, 0.15) is 17.6 Å². The van der Waals surface area contributed by atoms with Crippen molar-refractivity contribution >= 4 is 6.03 Å². The molecule has 1 aliphatic rings. The van der Waals surface area contributed by atoms with Gasteiger partial charge in [0.25, 0.3) is 0 Å². The van der Waals surface area contributed by atoms with E-state index in [-0.39, 0.29) is 18.1 Å². The van der Waals surface area contributed by atoms with Crippen LogP contribution in [0.1, 0.15) is 31.9 Å². The highest BCUT2D eigenvalue weighted by Gasteiger charge is 2.22. The molecular weight excluding hydrogens is 306 g/mol. The van der Waals surface area contributed by atoms with Crippen LogP contribution < -0.4 is 14.8 Å². The van der Waals surface area contributed by atoms with Gasteiger partial charge in [-0.2, -0.15) is 5.26 Å². The number of benzene rings is 1. The summed E-state index contributed by atoms with van der Waals surface area (Å²) in [6.07, 6.45) is 1.04. The van der Waals surface area contributed by atoms with Crippen LogP contribution in [0.2, 0.25) is 0 Å². The number of hydrogen-bond donors (Lipinski definition) is 1. The molecule has 0 radical (unpaired) electrons. The molecule has 0 bridgehead atoms. The van der Waals surface area contributed by atoms with Crippen LogP contribution in [0.25, 0.3) is 0 Å². The van der Waals surface area contributed by atoms with Gasteiger partial charge in [-0.25, -0.2) is 4.79 Å². The summed E-state index contributed by atoms with van der Waals surface area (Å²) in [6.45, 7) is 7.07. The maximum absolute atomic E-state index is 12.2. The fraction of sp³-hybridized carbons (Fsp3) is 0.556. The van der Waals surface area contributed by atoms with Gasteiger partial charge in [0.15, 0.2) is 0 Å². The van der Waals surface area contributed by atoms with E-state index < -0.39 is 0 Å². The number of carbonyl (C=O) groups excluding carboxylic acids is 1. The predicted octanol–water partition coefficient (Wildman–Crippen LogP) is 2.71. The number of urea groups is 1. The summed E-state index contributed by atoms with van der Waals surface area (Å²) < 4.78 is 11.5. The zero-order chi connectivity index (χ0) is 17.7. The molecule has 24 heavy (non-hydrogen) atoms. The average molecular weight is 331 g/mol. The van der Waals surface area contributed by atoms with Gasteiger partial charge in [0, 0.05) is 37.7 Å². The van der Waals surface area contributed by atoms with E-state index in [1.807, 2.05) is 26.0 Å². The Morgan fingerprint density at radius 1 is 1.58 bits per heavy atom. The van der Waals surface area contributed by atoms with Crippen LogP contribution in [-0.4, -0.2) is 37.2 Å². The molecule has 2 atom stereocenters. The molecule has 0 saturated heterocycles. The second-order valence-corrected chi connectivity index (χ2v) is 6.20. The molecule has 1 N–H and O–H groups in total. The lowest BCUT2D eigenvalue weighted by Gasteiger charge is -2.20. The molecule has 0 fully saturated rings. The molecule has 1 aliphatic heterocycles. The molecule has 2 amide bonds. The zero-order valence-corrected chi connectivity index (χ0v) is 14.8. The van der Waals surface area contributed by atoms with E-state index in [1.54, 1.807) is 14.0 Å². The third kappa shape index (κ3) is 4.31. The highest BCUT2D eigenvalue weighted by Crippen LogP contribution is 2.35. The Labute approximate surface area is 143 Å². The van der Waals surface area contributed by atoms with Gasteiger partial charge in [-0.1, -0.05) is 0 Å². The van der Waals surface area contributed by atoms with Gasteiger partial charge < -0.3 is 19.7 Å². The van der Waals surface area contributed by atoms with Gasteiger partial charge in [-0.15, -0.1) is 0 Å². The molecule has 2 rings (SSSR count). The molecule has 0 aromatic heterocycles. The van der Waals surface area contributed by atoms with E-state index in [2.05, 4.69) is 11.4 Å². The summed E-state index contributed by atoms with van der Waals surface area (Å²) in [5.41, 5.74) is 2.03. The van der Waals surface area contributed by atoms with Crippen LogP contribution in [0.3, 0.4) is 0 Å². The Hall–Kier alpha value is -2.42. The lowest BCUT2D eigenvalue weighted by atomic mass is 10.1. The van der Waals surface area contributed by atoms with E-state index in [9.17, 15) is 4.79 Å². The molecule has 6 heteroatoms. The first-order valence-electron chi connectivity index (χ1n) is 8.28. The Morgan fingerprint density at radius 3 is 3.00 bits per heavy atom. The van der Waals surface area contributed by atoms with Gasteiger partial charge in [-0.3, -0.25) is 0 Å². The summed E-state index contributed by atoms with van der Waals surface area (Å²) in [5, 5.41) is 11.7. The topological polar surface area (TPSA) is 74.6 Å². The van der Waals surface area contributed by atoms with Crippen molar-refractivity contribution in [2.75, 3.05) is 20.2 Å². The number of carbonyl (C=O) groups is 1. The summed E-state index contributed by atoms with van der Waals surface area (Å²) in [7, 11) is 1.68. The fourth-order valence-electron chi connectivity index (χ4n) is 2.75. The summed E-state index contributed by atoms with van der Waals surface area (Å²) in [4.78, 5) is 13.7. The van der Waals surface area contributed by atoms with Crippen LogP contribution in [0.15, 0.2) is 12.1 Å². The van der Waals surface area contributed by atoms with Crippen molar-refractivity contribution in [2.24, 2.45) is 5.92 Å². The fourth-order valence-corrected chi connectivity index (χ4v) is 2.75. The van der Waals surface area contributed by atoms with Gasteiger partial charge >= 0.3 is 6.03 Å². The molecule has 1 aromatic rings. The minimum Gasteiger partial charge on any atom is -0.494 e. The quantitative estimate of drug-likeness (QED) is 0.870. The maximum Gasteiger partial charge on any atom is 0.317 e. The first-order chi connectivity index (χ1) is 11.4. The van der Waals surface area contributed by atoms with Crippen molar-refractivity contribution in [3.63, 3.8) is 0 Å². The predicted molar refractivity (Wildman–Crippen MR) is 91.0 cm³/mol. The van der Waals surface area contributed by atoms with E-state index in [0.717, 1.165) is 29.0 Å².